The Bertz CT molecular complexity index is 654. The summed E-state index contributed by atoms with van der Waals surface area (Å²) in [7, 11) is 0. The van der Waals surface area contributed by atoms with Crippen LogP contribution >= 0.6 is 23.1 Å². The molecule has 0 saturated carbocycles. The zero-order chi connectivity index (χ0) is 14.0. The Hall–Kier alpha value is -1.93. The van der Waals surface area contributed by atoms with Crippen molar-refractivity contribution in [3.8, 4) is 0 Å². The van der Waals surface area contributed by atoms with Gasteiger partial charge in [-0.1, -0.05) is 11.8 Å². The van der Waals surface area contributed by atoms with Gasteiger partial charge in [0, 0.05) is 6.07 Å². The molecule has 0 atom stereocenters. The van der Waals surface area contributed by atoms with E-state index in [9.17, 15) is 20.2 Å². The van der Waals surface area contributed by atoms with E-state index < -0.39 is 9.85 Å². The van der Waals surface area contributed by atoms with Gasteiger partial charge in [-0.15, -0.1) is 11.3 Å². The molecule has 0 unspecified atom stereocenters. The van der Waals surface area contributed by atoms with Gasteiger partial charge < -0.3 is 0 Å². The number of nitro groups is 2. The highest BCUT2D eigenvalue weighted by atomic mass is 32.2. The lowest BCUT2D eigenvalue weighted by molar-refractivity contribution is -0.396. The molecule has 0 saturated heterocycles. The maximum Gasteiger partial charge on any atom is 0.290 e. The lowest BCUT2D eigenvalue weighted by Crippen LogP contribution is -1.94. The molecular formula is C11H8N2O4S2. The van der Waals surface area contributed by atoms with Crippen LogP contribution in [-0.2, 0) is 0 Å². The standard InChI is InChI=1S/C11H8N2O4S2/c1-7-4-5-18-11(7)19-10-3-2-8(12(14)15)6-9(10)13(16)17/h2-6H,1H3. The summed E-state index contributed by atoms with van der Waals surface area (Å²) in [5.74, 6) is 0. The molecule has 0 fully saturated rings. The second-order valence-corrected chi connectivity index (χ2v) is 5.89. The number of rotatable bonds is 4. The van der Waals surface area contributed by atoms with Gasteiger partial charge in [0.15, 0.2) is 0 Å². The monoisotopic (exact) mass is 296 g/mol. The number of benzene rings is 1. The van der Waals surface area contributed by atoms with E-state index in [-0.39, 0.29) is 11.4 Å². The number of hydrogen-bond acceptors (Lipinski definition) is 6. The van der Waals surface area contributed by atoms with Gasteiger partial charge in [-0.2, -0.15) is 0 Å². The Morgan fingerprint density at radius 3 is 2.42 bits per heavy atom. The van der Waals surface area contributed by atoms with Crippen LogP contribution in [0.3, 0.4) is 0 Å². The molecule has 1 aromatic heterocycles. The molecule has 0 N–H and O–H groups in total. The largest absolute Gasteiger partial charge is 0.290 e. The molecule has 8 heteroatoms. The first-order valence-electron chi connectivity index (χ1n) is 5.14. The number of thiophene rings is 1. The lowest BCUT2D eigenvalue weighted by atomic mass is 10.3. The third-order valence-corrected chi connectivity index (χ3v) is 4.79. The molecule has 6 nitrogen and oxygen atoms in total. The molecule has 19 heavy (non-hydrogen) atoms. The Morgan fingerprint density at radius 2 is 1.89 bits per heavy atom. The minimum Gasteiger partial charge on any atom is -0.258 e. The molecule has 1 aromatic carbocycles. The SMILES string of the molecule is Cc1ccsc1Sc1ccc([N+](=O)[O-])cc1[N+](=O)[O-]. The first-order valence-corrected chi connectivity index (χ1v) is 6.83. The van der Waals surface area contributed by atoms with Gasteiger partial charge in [0.05, 0.1) is 25.0 Å². The summed E-state index contributed by atoms with van der Waals surface area (Å²) >= 11 is 2.73. The van der Waals surface area contributed by atoms with Gasteiger partial charge >= 0.3 is 0 Å². The summed E-state index contributed by atoms with van der Waals surface area (Å²) in [6.07, 6.45) is 0. The molecule has 0 spiro atoms. The molecule has 0 radical (unpaired) electrons. The van der Waals surface area contributed by atoms with Crippen molar-refractivity contribution in [2.24, 2.45) is 0 Å². The van der Waals surface area contributed by atoms with Gasteiger partial charge in [0.25, 0.3) is 11.4 Å². The van der Waals surface area contributed by atoms with Gasteiger partial charge in [-0.3, -0.25) is 20.2 Å². The Kier molecular flexibility index (Phi) is 3.82. The fraction of sp³-hybridized carbons (Fsp3) is 0.0909. The van der Waals surface area contributed by atoms with Gasteiger partial charge in [-0.25, -0.2) is 0 Å². The molecule has 0 bridgehead atoms. The van der Waals surface area contributed by atoms with E-state index in [0.29, 0.717) is 4.90 Å². The van der Waals surface area contributed by atoms with Crippen molar-refractivity contribution in [3.63, 3.8) is 0 Å². The molecule has 2 aromatic rings. The lowest BCUT2D eigenvalue weighted by Gasteiger charge is -2.02. The van der Waals surface area contributed by atoms with E-state index in [2.05, 4.69) is 0 Å². The molecule has 0 aliphatic rings. The highest BCUT2D eigenvalue weighted by Crippen LogP contribution is 2.40. The summed E-state index contributed by atoms with van der Waals surface area (Å²) < 4.78 is 0.942. The molecule has 98 valence electrons. The van der Waals surface area contributed by atoms with Crippen molar-refractivity contribution in [2.45, 2.75) is 16.0 Å². The number of nitro benzene ring substituents is 2. The average molecular weight is 296 g/mol. The van der Waals surface area contributed by atoms with Crippen LogP contribution in [0.4, 0.5) is 11.4 Å². The summed E-state index contributed by atoms with van der Waals surface area (Å²) in [5, 5.41) is 23.5. The number of nitrogens with zero attached hydrogens (tertiary/aromatic N) is 2. The number of aryl methyl sites for hydroxylation is 1. The predicted molar refractivity (Wildman–Crippen MR) is 72.9 cm³/mol. The van der Waals surface area contributed by atoms with Crippen molar-refractivity contribution >= 4 is 34.5 Å². The summed E-state index contributed by atoms with van der Waals surface area (Å²) in [6.45, 7) is 1.91. The minimum absolute atomic E-state index is 0.244. The summed E-state index contributed by atoms with van der Waals surface area (Å²) in [5.41, 5.74) is 0.508. The maximum atomic E-state index is 11.0. The quantitative estimate of drug-likeness (QED) is 0.628. The minimum atomic E-state index is -0.641. The van der Waals surface area contributed by atoms with Crippen LogP contribution in [0.5, 0.6) is 0 Å². The fourth-order valence-electron chi connectivity index (χ4n) is 1.41. The molecule has 2 rings (SSSR count). The fourth-order valence-corrected chi connectivity index (χ4v) is 3.49. The molecule has 0 aliphatic heterocycles. The molecule has 0 amide bonds. The smallest absolute Gasteiger partial charge is 0.258 e. The van der Waals surface area contributed by atoms with Crippen LogP contribution in [0.25, 0.3) is 0 Å². The van der Waals surface area contributed by atoms with Crippen LogP contribution < -0.4 is 0 Å². The van der Waals surface area contributed by atoms with Crippen molar-refractivity contribution < 1.29 is 9.85 Å². The van der Waals surface area contributed by atoms with E-state index in [4.69, 9.17) is 0 Å². The van der Waals surface area contributed by atoms with Crippen LogP contribution in [0.15, 0.2) is 38.8 Å². The normalized spacial score (nSPS) is 10.4. The Balaban J connectivity index is 2.43. The van der Waals surface area contributed by atoms with Crippen molar-refractivity contribution in [3.05, 3.63) is 55.4 Å². The predicted octanol–water partition coefficient (Wildman–Crippen LogP) is 4.02. The molecular weight excluding hydrogens is 288 g/mol. The molecule has 0 aliphatic carbocycles. The topological polar surface area (TPSA) is 86.3 Å². The van der Waals surface area contributed by atoms with Crippen LogP contribution in [0.1, 0.15) is 5.56 Å². The number of hydrogen-bond donors (Lipinski definition) is 0. The van der Waals surface area contributed by atoms with E-state index in [1.165, 1.54) is 35.2 Å². The summed E-state index contributed by atoms with van der Waals surface area (Å²) in [4.78, 5) is 20.8. The van der Waals surface area contributed by atoms with Crippen LogP contribution in [0, 0.1) is 27.2 Å². The first kappa shape index (κ1) is 13.5. The van der Waals surface area contributed by atoms with E-state index in [1.54, 1.807) is 0 Å². The first-order chi connectivity index (χ1) is 8.99. The zero-order valence-electron chi connectivity index (χ0n) is 9.73. The highest BCUT2D eigenvalue weighted by molar-refractivity contribution is 8.01. The third-order valence-electron chi connectivity index (χ3n) is 2.37. The zero-order valence-corrected chi connectivity index (χ0v) is 11.4. The number of non-ortho nitro benzene ring substituents is 1. The van der Waals surface area contributed by atoms with E-state index in [1.807, 2.05) is 18.4 Å². The summed E-state index contributed by atoms with van der Waals surface area (Å²) in [6, 6.07) is 5.61. The third kappa shape index (κ3) is 2.91. The van der Waals surface area contributed by atoms with Crippen molar-refractivity contribution in [1.29, 1.82) is 0 Å². The van der Waals surface area contributed by atoms with E-state index in [0.717, 1.165) is 15.8 Å². The Labute approximate surface area is 116 Å². The van der Waals surface area contributed by atoms with Gasteiger partial charge in [0.2, 0.25) is 0 Å². The highest BCUT2D eigenvalue weighted by Gasteiger charge is 2.20. The van der Waals surface area contributed by atoms with Gasteiger partial charge in [0.1, 0.15) is 0 Å². The van der Waals surface area contributed by atoms with Crippen molar-refractivity contribution in [1.82, 2.24) is 0 Å². The van der Waals surface area contributed by atoms with Crippen molar-refractivity contribution in [2.75, 3.05) is 0 Å². The van der Waals surface area contributed by atoms with Crippen LogP contribution in [-0.4, -0.2) is 9.85 Å². The average Bonchev–Trinajstić information content (AvgIpc) is 2.75. The molecule has 1 heterocycles. The Morgan fingerprint density at radius 1 is 1.16 bits per heavy atom. The van der Waals surface area contributed by atoms with E-state index >= 15 is 0 Å². The van der Waals surface area contributed by atoms with Gasteiger partial charge in [-0.05, 0) is 30.0 Å². The second kappa shape index (κ2) is 5.37. The maximum absolute atomic E-state index is 11.0. The second-order valence-electron chi connectivity index (χ2n) is 3.66. The van der Waals surface area contributed by atoms with Crippen LogP contribution in [0.2, 0.25) is 0 Å².